The number of rotatable bonds is 8. The SMILES string of the molecule is COc1ccc(NS(=O)(=O)c2cccc(NC(=O)CCc3ccc4c(c3)OCO4)c2)cc1. The molecular weight excluding hydrogens is 432 g/mol. The highest BCUT2D eigenvalue weighted by Gasteiger charge is 2.16. The zero-order valence-corrected chi connectivity index (χ0v) is 18.1. The van der Waals surface area contributed by atoms with Crippen molar-refractivity contribution >= 4 is 27.3 Å². The van der Waals surface area contributed by atoms with Crippen LogP contribution in [0.3, 0.4) is 0 Å². The summed E-state index contributed by atoms with van der Waals surface area (Å²) in [4.78, 5) is 12.4. The van der Waals surface area contributed by atoms with E-state index in [1.54, 1.807) is 36.4 Å². The summed E-state index contributed by atoms with van der Waals surface area (Å²) in [7, 11) is -2.28. The molecule has 1 aliphatic rings. The van der Waals surface area contributed by atoms with Crippen LogP contribution in [0, 0.1) is 0 Å². The van der Waals surface area contributed by atoms with Crippen molar-refractivity contribution in [3.8, 4) is 17.2 Å². The number of amides is 1. The standard InChI is InChI=1S/C23H22N2O6S/c1-29-19-9-7-17(8-10-19)25-32(27,28)20-4-2-3-18(14-20)24-23(26)12-6-16-5-11-21-22(13-16)31-15-30-21/h2-5,7-11,13-14,25H,6,12,15H2,1H3,(H,24,26). The fraction of sp³-hybridized carbons (Fsp3) is 0.174. The van der Waals surface area contributed by atoms with Crippen molar-refractivity contribution in [2.75, 3.05) is 23.9 Å². The Morgan fingerprint density at radius 2 is 1.75 bits per heavy atom. The largest absolute Gasteiger partial charge is 0.497 e. The number of carbonyl (C=O) groups excluding carboxylic acids is 1. The number of nitrogens with one attached hydrogen (secondary N) is 2. The van der Waals surface area contributed by atoms with Crippen molar-refractivity contribution in [1.82, 2.24) is 0 Å². The highest BCUT2D eigenvalue weighted by atomic mass is 32.2. The van der Waals surface area contributed by atoms with E-state index in [0.717, 1.165) is 5.56 Å². The molecule has 3 aromatic carbocycles. The minimum atomic E-state index is -3.82. The van der Waals surface area contributed by atoms with Crippen molar-refractivity contribution < 1.29 is 27.4 Å². The maximum Gasteiger partial charge on any atom is 0.261 e. The van der Waals surface area contributed by atoms with Gasteiger partial charge in [0.2, 0.25) is 12.7 Å². The number of benzene rings is 3. The van der Waals surface area contributed by atoms with Gasteiger partial charge in [-0.05, 0) is 66.6 Å². The third-order valence-electron chi connectivity index (χ3n) is 4.85. The van der Waals surface area contributed by atoms with E-state index < -0.39 is 10.0 Å². The van der Waals surface area contributed by atoms with Gasteiger partial charge >= 0.3 is 0 Å². The van der Waals surface area contributed by atoms with Crippen LogP contribution < -0.4 is 24.2 Å². The Bertz CT molecular complexity index is 1230. The molecule has 166 valence electrons. The molecule has 9 heteroatoms. The second-order valence-electron chi connectivity index (χ2n) is 7.10. The minimum absolute atomic E-state index is 0.0434. The van der Waals surface area contributed by atoms with E-state index in [4.69, 9.17) is 14.2 Å². The quantitative estimate of drug-likeness (QED) is 0.537. The molecule has 3 aromatic rings. The van der Waals surface area contributed by atoms with Crippen LogP contribution in [0.2, 0.25) is 0 Å². The van der Waals surface area contributed by atoms with Crippen molar-refractivity contribution in [2.45, 2.75) is 17.7 Å². The lowest BCUT2D eigenvalue weighted by Gasteiger charge is -2.11. The fourth-order valence-electron chi connectivity index (χ4n) is 3.19. The van der Waals surface area contributed by atoms with Gasteiger partial charge in [0.1, 0.15) is 5.75 Å². The van der Waals surface area contributed by atoms with Crippen LogP contribution in [0.4, 0.5) is 11.4 Å². The third-order valence-corrected chi connectivity index (χ3v) is 6.23. The molecule has 0 saturated heterocycles. The lowest BCUT2D eigenvalue weighted by atomic mass is 10.1. The molecule has 0 saturated carbocycles. The summed E-state index contributed by atoms with van der Waals surface area (Å²) in [6.45, 7) is 0.200. The summed E-state index contributed by atoms with van der Waals surface area (Å²) < 4.78 is 43.7. The predicted molar refractivity (Wildman–Crippen MR) is 120 cm³/mol. The molecule has 1 aliphatic heterocycles. The number of carbonyl (C=O) groups is 1. The summed E-state index contributed by atoms with van der Waals surface area (Å²) in [6.07, 6.45) is 0.750. The van der Waals surface area contributed by atoms with Gasteiger partial charge in [-0.25, -0.2) is 8.42 Å². The molecule has 4 rings (SSSR count). The number of anilines is 2. The Kier molecular flexibility index (Phi) is 6.18. The Balaban J connectivity index is 1.37. The first-order valence-electron chi connectivity index (χ1n) is 9.88. The molecule has 0 unspecified atom stereocenters. The second-order valence-corrected chi connectivity index (χ2v) is 8.78. The van der Waals surface area contributed by atoms with Gasteiger partial charge in [0.05, 0.1) is 12.0 Å². The van der Waals surface area contributed by atoms with E-state index in [2.05, 4.69) is 10.0 Å². The second kappa shape index (κ2) is 9.19. The number of fused-ring (bicyclic) bond motifs is 1. The number of sulfonamides is 1. The van der Waals surface area contributed by atoms with Gasteiger partial charge in [-0.1, -0.05) is 12.1 Å². The van der Waals surface area contributed by atoms with Crippen LogP contribution in [-0.2, 0) is 21.2 Å². The van der Waals surface area contributed by atoms with E-state index in [9.17, 15) is 13.2 Å². The molecule has 0 aliphatic carbocycles. The molecule has 0 radical (unpaired) electrons. The third kappa shape index (κ3) is 5.12. The molecular formula is C23H22N2O6S. The zero-order valence-electron chi connectivity index (χ0n) is 17.3. The number of hydrogen-bond acceptors (Lipinski definition) is 6. The Morgan fingerprint density at radius 1 is 0.969 bits per heavy atom. The van der Waals surface area contributed by atoms with Crippen LogP contribution in [0.1, 0.15) is 12.0 Å². The molecule has 0 bridgehead atoms. The summed E-state index contributed by atoms with van der Waals surface area (Å²) in [6, 6.07) is 18.2. The van der Waals surface area contributed by atoms with Crippen molar-refractivity contribution in [2.24, 2.45) is 0 Å². The molecule has 1 amide bonds. The molecule has 32 heavy (non-hydrogen) atoms. The van der Waals surface area contributed by atoms with Crippen LogP contribution >= 0.6 is 0 Å². The van der Waals surface area contributed by atoms with Crippen molar-refractivity contribution in [1.29, 1.82) is 0 Å². The Labute approximate surface area is 186 Å². The van der Waals surface area contributed by atoms with E-state index >= 15 is 0 Å². The molecule has 2 N–H and O–H groups in total. The van der Waals surface area contributed by atoms with Crippen LogP contribution in [0.25, 0.3) is 0 Å². The molecule has 0 fully saturated rings. The number of ether oxygens (including phenoxy) is 3. The minimum Gasteiger partial charge on any atom is -0.497 e. The average molecular weight is 455 g/mol. The molecule has 8 nitrogen and oxygen atoms in total. The maximum absolute atomic E-state index is 12.7. The van der Waals surface area contributed by atoms with Crippen LogP contribution in [0.15, 0.2) is 71.6 Å². The first-order valence-corrected chi connectivity index (χ1v) is 11.4. The fourth-order valence-corrected chi connectivity index (χ4v) is 4.30. The van der Waals surface area contributed by atoms with Gasteiger partial charge in [0, 0.05) is 17.8 Å². The maximum atomic E-state index is 12.7. The van der Waals surface area contributed by atoms with E-state index in [-0.39, 0.29) is 24.0 Å². The lowest BCUT2D eigenvalue weighted by Crippen LogP contribution is -2.15. The van der Waals surface area contributed by atoms with E-state index in [0.29, 0.717) is 35.0 Å². The van der Waals surface area contributed by atoms with Gasteiger partial charge in [0.25, 0.3) is 10.0 Å². The summed E-state index contributed by atoms with van der Waals surface area (Å²) >= 11 is 0. The van der Waals surface area contributed by atoms with Gasteiger partial charge in [-0.15, -0.1) is 0 Å². The summed E-state index contributed by atoms with van der Waals surface area (Å²) in [5.41, 5.74) is 1.76. The Morgan fingerprint density at radius 3 is 2.53 bits per heavy atom. The Hall–Kier alpha value is -3.72. The monoisotopic (exact) mass is 454 g/mol. The van der Waals surface area contributed by atoms with Crippen molar-refractivity contribution in [3.63, 3.8) is 0 Å². The molecule has 0 spiro atoms. The average Bonchev–Trinajstić information content (AvgIpc) is 3.26. The molecule has 0 atom stereocenters. The van der Waals surface area contributed by atoms with Gasteiger partial charge in [0.15, 0.2) is 11.5 Å². The highest BCUT2D eigenvalue weighted by molar-refractivity contribution is 7.92. The van der Waals surface area contributed by atoms with Gasteiger partial charge < -0.3 is 19.5 Å². The van der Waals surface area contributed by atoms with E-state index in [1.165, 1.54) is 19.2 Å². The highest BCUT2D eigenvalue weighted by Crippen LogP contribution is 2.32. The number of methoxy groups -OCH3 is 1. The first-order chi connectivity index (χ1) is 15.4. The van der Waals surface area contributed by atoms with Gasteiger partial charge in [-0.2, -0.15) is 0 Å². The van der Waals surface area contributed by atoms with Crippen molar-refractivity contribution in [3.05, 3.63) is 72.3 Å². The zero-order chi connectivity index (χ0) is 22.6. The molecule has 1 heterocycles. The number of hydrogen-bond donors (Lipinski definition) is 2. The molecule has 0 aromatic heterocycles. The van der Waals surface area contributed by atoms with Gasteiger partial charge in [-0.3, -0.25) is 9.52 Å². The normalized spacial score (nSPS) is 12.3. The first kappa shape index (κ1) is 21.5. The van der Waals surface area contributed by atoms with E-state index in [1.807, 2.05) is 18.2 Å². The van der Waals surface area contributed by atoms with Crippen LogP contribution in [0.5, 0.6) is 17.2 Å². The summed E-state index contributed by atoms with van der Waals surface area (Å²) in [5, 5.41) is 2.75. The smallest absolute Gasteiger partial charge is 0.261 e. The number of aryl methyl sites for hydroxylation is 1. The topological polar surface area (TPSA) is 103 Å². The van der Waals surface area contributed by atoms with Crippen LogP contribution in [-0.4, -0.2) is 28.2 Å². The lowest BCUT2D eigenvalue weighted by molar-refractivity contribution is -0.116. The predicted octanol–water partition coefficient (Wildman–Crippen LogP) is 3.80. The summed E-state index contributed by atoms with van der Waals surface area (Å²) in [5.74, 6) is 1.77.